The van der Waals surface area contributed by atoms with Crippen molar-refractivity contribution in [2.45, 2.75) is 38.8 Å². The van der Waals surface area contributed by atoms with Gasteiger partial charge in [-0.3, -0.25) is 14.5 Å². The first-order chi connectivity index (χ1) is 18.1. The number of aryl methyl sites for hydroxylation is 1. The van der Waals surface area contributed by atoms with Gasteiger partial charge in [0.25, 0.3) is 11.9 Å². The first kappa shape index (κ1) is 23.2. The number of rotatable bonds is 8. The molecule has 1 N–H and O–H groups in total. The summed E-state index contributed by atoms with van der Waals surface area (Å²) in [4.78, 5) is 17.1. The molecule has 0 aliphatic heterocycles. The van der Waals surface area contributed by atoms with Gasteiger partial charge in [-0.2, -0.15) is 10.2 Å². The maximum atomic E-state index is 12.3. The van der Waals surface area contributed by atoms with Crippen molar-refractivity contribution in [3.63, 3.8) is 0 Å². The number of nitrogens with zero attached hydrogens (tertiary/aromatic N) is 8. The Bertz CT molecular complexity index is 1590. The summed E-state index contributed by atoms with van der Waals surface area (Å²) in [5, 5.41) is 20.1. The van der Waals surface area contributed by atoms with Crippen LogP contribution in [0.3, 0.4) is 0 Å². The molecule has 0 spiro atoms. The van der Waals surface area contributed by atoms with E-state index in [-0.39, 0.29) is 11.6 Å². The Morgan fingerprint density at radius 3 is 2.65 bits per heavy atom. The number of benzene rings is 1. The Labute approximate surface area is 217 Å². The Morgan fingerprint density at radius 1 is 1.08 bits per heavy atom. The number of tetrazole rings is 1. The molecule has 11 heteroatoms. The quantitative estimate of drug-likeness (QED) is 0.316. The van der Waals surface area contributed by atoms with Crippen LogP contribution >= 0.6 is 11.6 Å². The Kier molecular flexibility index (Phi) is 6.09. The fraction of sp³-hybridized carbons (Fsp3) is 0.269. The zero-order valence-electron chi connectivity index (χ0n) is 20.2. The molecular weight excluding hydrogens is 490 g/mol. The highest BCUT2D eigenvalue weighted by Gasteiger charge is 2.29. The highest BCUT2D eigenvalue weighted by Crippen LogP contribution is 2.39. The van der Waals surface area contributed by atoms with Crippen molar-refractivity contribution in [1.29, 1.82) is 0 Å². The minimum absolute atomic E-state index is 0.00992. The van der Waals surface area contributed by atoms with E-state index in [2.05, 4.69) is 31.8 Å². The summed E-state index contributed by atoms with van der Waals surface area (Å²) in [6, 6.07) is 11.4. The summed E-state index contributed by atoms with van der Waals surface area (Å²) in [5.41, 5.74) is 5.14. The van der Waals surface area contributed by atoms with Gasteiger partial charge >= 0.3 is 0 Å². The molecule has 1 aromatic carbocycles. The Balaban J connectivity index is 1.32. The van der Waals surface area contributed by atoms with Gasteiger partial charge < -0.3 is 0 Å². The van der Waals surface area contributed by atoms with E-state index in [1.54, 1.807) is 29.5 Å². The molecule has 0 bridgehead atoms. The average Bonchev–Trinajstić information content (AvgIpc) is 3.35. The number of H-pyrrole nitrogens is 1. The van der Waals surface area contributed by atoms with Crippen molar-refractivity contribution in [1.82, 2.24) is 40.1 Å². The number of halogens is 1. The van der Waals surface area contributed by atoms with Gasteiger partial charge in [-0.25, -0.2) is 4.68 Å². The minimum atomic E-state index is -0.121. The molecule has 6 rings (SSSR count). The SMILES string of the molecule is CCn1ncc(-c2cnn(C(CC3CC3)c3ccc(-c4cc(Cl)ccc4-[n+]4cnn[nH]4)cn3)c2)cc1=O. The lowest BCUT2D eigenvalue weighted by Gasteiger charge is -2.17. The third kappa shape index (κ3) is 4.79. The Morgan fingerprint density at radius 2 is 1.95 bits per heavy atom. The second-order valence-electron chi connectivity index (χ2n) is 9.24. The van der Waals surface area contributed by atoms with Gasteiger partial charge in [0.05, 0.1) is 24.1 Å². The maximum Gasteiger partial charge on any atom is 0.293 e. The molecule has 186 valence electrons. The van der Waals surface area contributed by atoms with Crippen LogP contribution in [0.1, 0.15) is 37.9 Å². The van der Waals surface area contributed by atoms with E-state index >= 15 is 0 Å². The van der Waals surface area contributed by atoms with E-state index in [1.165, 1.54) is 17.5 Å². The molecule has 1 aliphatic carbocycles. The molecule has 0 radical (unpaired) electrons. The molecule has 1 unspecified atom stereocenters. The topological polar surface area (TPSA) is 111 Å². The maximum absolute atomic E-state index is 12.3. The lowest BCUT2D eigenvalue weighted by molar-refractivity contribution is -0.659. The van der Waals surface area contributed by atoms with E-state index in [4.69, 9.17) is 16.6 Å². The molecule has 0 saturated heterocycles. The second-order valence-corrected chi connectivity index (χ2v) is 9.67. The molecule has 5 aromatic rings. The molecule has 37 heavy (non-hydrogen) atoms. The number of hydrogen-bond donors (Lipinski definition) is 1. The normalized spacial score (nSPS) is 14.1. The fourth-order valence-electron chi connectivity index (χ4n) is 4.52. The molecule has 4 aromatic heterocycles. The first-order valence-corrected chi connectivity index (χ1v) is 12.6. The van der Waals surface area contributed by atoms with Crippen LogP contribution in [0.2, 0.25) is 5.02 Å². The van der Waals surface area contributed by atoms with Crippen LogP contribution in [0, 0.1) is 5.92 Å². The van der Waals surface area contributed by atoms with Crippen LogP contribution in [-0.2, 0) is 6.54 Å². The third-order valence-electron chi connectivity index (χ3n) is 6.71. The van der Waals surface area contributed by atoms with Gasteiger partial charge in [0, 0.05) is 52.3 Å². The van der Waals surface area contributed by atoms with E-state index < -0.39 is 0 Å². The van der Waals surface area contributed by atoms with Gasteiger partial charge in [-0.15, -0.1) is 4.68 Å². The summed E-state index contributed by atoms with van der Waals surface area (Å²) in [6.45, 7) is 2.44. The standard InChI is InChI=1S/C26H24ClN9O/c1-2-34-26(37)10-19(13-30-34)20-14-31-35(15-20)25(9-17-3-4-17)23-7-5-18(12-28-23)22-11-21(27)6-8-24(22)36-16-29-32-33-36/h5-8,10-17,25H,2-4,9H2,1H3/p+1. The number of nitrogens with one attached hydrogen (secondary N) is 1. The number of pyridine rings is 1. The monoisotopic (exact) mass is 514 g/mol. The van der Waals surface area contributed by atoms with Crippen molar-refractivity contribution in [3.8, 4) is 27.9 Å². The van der Waals surface area contributed by atoms with E-state index in [1.807, 2.05) is 48.3 Å². The van der Waals surface area contributed by atoms with Gasteiger partial charge in [-0.1, -0.05) is 35.7 Å². The fourth-order valence-corrected chi connectivity index (χ4v) is 4.70. The molecule has 1 saturated carbocycles. The van der Waals surface area contributed by atoms with Gasteiger partial charge in [-0.05, 0) is 43.5 Å². The highest BCUT2D eigenvalue weighted by atomic mass is 35.5. The van der Waals surface area contributed by atoms with Crippen molar-refractivity contribution in [3.05, 3.63) is 88.6 Å². The molecule has 4 heterocycles. The molecule has 0 amide bonds. The summed E-state index contributed by atoms with van der Waals surface area (Å²) in [7, 11) is 0. The van der Waals surface area contributed by atoms with Crippen molar-refractivity contribution in [2.75, 3.05) is 0 Å². The molecule has 1 aliphatic rings. The predicted molar refractivity (Wildman–Crippen MR) is 137 cm³/mol. The number of aromatic nitrogens is 9. The lowest BCUT2D eigenvalue weighted by Crippen LogP contribution is -2.32. The molecule has 1 atom stereocenters. The largest absolute Gasteiger partial charge is 0.293 e. The van der Waals surface area contributed by atoms with Crippen molar-refractivity contribution in [2.24, 2.45) is 5.92 Å². The minimum Gasteiger partial charge on any atom is -0.268 e. The van der Waals surface area contributed by atoms with E-state index in [0.29, 0.717) is 17.5 Å². The summed E-state index contributed by atoms with van der Waals surface area (Å²) in [5.74, 6) is 0.665. The smallest absolute Gasteiger partial charge is 0.268 e. The zero-order chi connectivity index (χ0) is 25.4. The van der Waals surface area contributed by atoms with Crippen LogP contribution in [0.5, 0.6) is 0 Å². The van der Waals surface area contributed by atoms with Gasteiger partial charge in [0.1, 0.15) is 10.8 Å². The summed E-state index contributed by atoms with van der Waals surface area (Å²) >= 11 is 6.33. The molecule has 1 fully saturated rings. The van der Waals surface area contributed by atoms with Crippen molar-refractivity contribution >= 4 is 11.6 Å². The van der Waals surface area contributed by atoms with Crippen LogP contribution in [0.4, 0.5) is 0 Å². The second kappa shape index (κ2) is 9.70. The zero-order valence-corrected chi connectivity index (χ0v) is 21.0. The predicted octanol–water partition coefficient (Wildman–Crippen LogP) is 3.63. The van der Waals surface area contributed by atoms with Crippen LogP contribution in [0.15, 0.2) is 72.3 Å². The van der Waals surface area contributed by atoms with Gasteiger partial charge in [0.15, 0.2) is 5.21 Å². The summed E-state index contributed by atoms with van der Waals surface area (Å²) in [6.07, 6.45) is 12.4. The van der Waals surface area contributed by atoms with Crippen LogP contribution in [0.25, 0.3) is 27.9 Å². The van der Waals surface area contributed by atoms with Crippen molar-refractivity contribution < 1.29 is 4.68 Å². The van der Waals surface area contributed by atoms with E-state index in [0.717, 1.165) is 40.1 Å². The molecular formula is C26H25ClN9O+. The average molecular weight is 515 g/mol. The number of aromatic amines is 1. The highest BCUT2D eigenvalue weighted by molar-refractivity contribution is 6.31. The molecule has 10 nitrogen and oxygen atoms in total. The van der Waals surface area contributed by atoms with Crippen LogP contribution in [-0.4, -0.2) is 40.1 Å². The number of hydrogen-bond acceptors (Lipinski definition) is 6. The first-order valence-electron chi connectivity index (χ1n) is 12.2. The van der Waals surface area contributed by atoms with Crippen LogP contribution < -0.4 is 10.2 Å². The Hall–Kier alpha value is -4.18. The van der Waals surface area contributed by atoms with Gasteiger partial charge in [0.2, 0.25) is 0 Å². The van der Waals surface area contributed by atoms with E-state index in [9.17, 15) is 4.79 Å². The summed E-state index contributed by atoms with van der Waals surface area (Å²) < 4.78 is 5.12. The lowest BCUT2D eigenvalue weighted by atomic mass is 10.0. The third-order valence-corrected chi connectivity index (χ3v) is 6.95.